The molecule has 0 saturated carbocycles. The summed E-state index contributed by atoms with van der Waals surface area (Å²) in [5, 5.41) is 3.55. The summed E-state index contributed by atoms with van der Waals surface area (Å²) < 4.78 is 12.9. The Kier molecular flexibility index (Phi) is 3.17. The van der Waals surface area contributed by atoms with Crippen molar-refractivity contribution < 1.29 is 9.47 Å². The maximum Gasteiger partial charge on any atom is 0.161 e. The standard InChI is InChI=1S/C15H18N2O2/c1-18-13-6-5-11(10-14(13)19-2)15-12-4-3-8-17(12)9-7-16-15/h3-6,8,10,15-16H,7,9H2,1-2H3. The summed E-state index contributed by atoms with van der Waals surface area (Å²) >= 11 is 0. The van der Waals surface area contributed by atoms with Crippen LogP contribution in [-0.4, -0.2) is 25.3 Å². The maximum atomic E-state index is 5.38. The van der Waals surface area contributed by atoms with Crippen LogP contribution in [0.2, 0.25) is 0 Å². The van der Waals surface area contributed by atoms with Crippen LogP contribution in [0, 0.1) is 0 Å². The van der Waals surface area contributed by atoms with E-state index in [1.165, 1.54) is 11.3 Å². The average Bonchev–Trinajstić information content (AvgIpc) is 2.94. The molecule has 0 saturated heterocycles. The summed E-state index contributed by atoms with van der Waals surface area (Å²) in [5.74, 6) is 1.53. The Morgan fingerprint density at radius 2 is 2.00 bits per heavy atom. The first-order valence-electron chi connectivity index (χ1n) is 6.44. The third-order valence-corrected chi connectivity index (χ3v) is 3.60. The van der Waals surface area contributed by atoms with E-state index in [2.05, 4.69) is 34.3 Å². The van der Waals surface area contributed by atoms with Crippen LogP contribution in [-0.2, 0) is 6.54 Å². The lowest BCUT2D eigenvalue weighted by Crippen LogP contribution is -2.33. The molecule has 100 valence electrons. The average molecular weight is 258 g/mol. The molecule has 1 atom stereocenters. The van der Waals surface area contributed by atoms with Crippen molar-refractivity contribution in [3.05, 3.63) is 47.8 Å². The zero-order chi connectivity index (χ0) is 13.2. The second kappa shape index (κ2) is 4.97. The molecule has 0 amide bonds. The van der Waals surface area contributed by atoms with E-state index in [0.29, 0.717) is 0 Å². The van der Waals surface area contributed by atoms with Crippen LogP contribution in [0.5, 0.6) is 11.5 Å². The molecule has 4 heteroatoms. The number of benzene rings is 1. The van der Waals surface area contributed by atoms with Gasteiger partial charge >= 0.3 is 0 Å². The van der Waals surface area contributed by atoms with Crippen LogP contribution >= 0.6 is 0 Å². The van der Waals surface area contributed by atoms with E-state index < -0.39 is 0 Å². The second-order valence-corrected chi connectivity index (χ2v) is 4.63. The molecule has 0 spiro atoms. The molecule has 2 aromatic rings. The highest BCUT2D eigenvalue weighted by atomic mass is 16.5. The van der Waals surface area contributed by atoms with E-state index in [1.54, 1.807) is 14.2 Å². The lowest BCUT2D eigenvalue weighted by molar-refractivity contribution is 0.353. The van der Waals surface area contributed by atoms with Crippen LogP contribution in [0.25, 0.3) is 0 Å². The molecule has 0 radical (unpaired) electrons. The van der Waals surface area contributed by atoms with Crippen molar-refractivity contribution in [2.75, 3.05) is 20.8 Å². The number of rotatable bonds is 3. The van der Waals surface area contributed by atoms with Crippen molar-refractivity contribution in [1.29, 1.82) is 0 Å². The van der Waals surface area contributed by atoms with Crippen molar-refractivity contribution in [1.82, 2.24) is 9.88 Å². The Balaban J connectivity index is 2.00. The lowest BCUT2D eigenvalue weighted by Gasteiger charge is -2.27. The highest BCUT2D eigenvalue weighted by Gasteiger charge is 2.21. The fourth-order valence-corrected chi connectivity index (χ4v) is 2.65. The highest BCUT2D eigenvalue weighted by Crippen LogP contribution is 2.33. The summed E-state index contributed by atoms with van der Waals surface area (Å²) in [7, 11) is 3.32. The molecule has 1 aromatic heterocycles. The van der Waals surface area contributed by atoms with Gasteiger partial charge in [0.15, 0.2) is 11.5 Å². The molecular formula is C15H18N2O2. The van der Waals surface area contributed by atoms with Crippen molar-refractivity contribution >= 4 is 0 Å². The number of ether oxygens (including phenoxy) is 2. The van der Waals surface area contributed by atoms with E-state index in [4.69, 9.17) is 9.47 Å². The molecule has 19 heavy (non-hydrogen) atoms. The molecule has 3 rings (SSSR count). The number of nitrogens with zero attached hydrogens (tertiary/aromatic N) is 1. The third-order valence-electron chi connectivity index (χ3n) is 3.60. The van der Waals surface area contributed by atoms with E-state index in [9.17, 15) is 0 Å². The molecule has 1 N–H and O–H groups in total. The first-order valence-corrected chi connectivity index (χ1v) is 6.44. The minimum atomic E-state index is 0.212. The van der Waals surface area contributed by atoms with Gasteiger partial charge in [-0.15, -0.1) is 0 Å². The summed E-state index contributed by atoms with van der Waals surface area (Å²) in [6.07, 6.45) is 2.13. The zero-order valence-corrected chi connectivity index (χ0v) is 11.2. The Morgan fingerprint density at radius 1 is 1.16 bits per heavy atom. The van der Waals surface area contributed by atoms with Gasteiger partial charge in [-0.05, 0) is 29.8 Å². The van der Waals surface area contributed by atoms with Gasteiger partial charge < -0.3 is 19.4 Å². The fourth-order valence-electron chi connectivity index (χ4n) is 2.65. The monoisotopic (exact) mass is 258 g/mol. The van der Waals surface area contributed by atoms with Gasteiger partial charge in [0.2, 0.25) is 0 Å². The highest BCUT2D eigenvalue weighted by molar-refractivity contribution is 5.45. The predicted octanol–water partition coefficient (Wildman–Crippen LogP) is 2.20. The Bertz CT molecular complexity index is 577. The smallest absolute Gasteiger partial charge is 0.161 e. The van der Waals surface area contributed by atoms with E-state index in [-0.39, 0.29) is 6.04 Å². The third kappa shape index (κ3) is 2.08. The molecule has 0 aliphatic carbocycles. The van der Waals surface area contributed by atoms with E-state index in [1.807, 2.05) is 12.1 Å². The van der Waals surface area contributed by atoms with Crippen LogP contribution in [0.15, 0.2) is 36.5 Å². The van der Waals surface area contributed by atoms with E-state index >= 15 is 0 Å². The normalized spacial score (nSPS) is 17.9. The molecule has 1 aromatic carbocycles. The van der Waals surface area contributed by atoms with Crippen LogP contribution in [0.1, 0.15) is 17.3 Å². The zero-order valence-electron chi connectivity index (χ0n) is 11.2. The first-order chi connectivity index (χ1) is 9.33. The van der Waals surface area contributed by atoms with Crippen molar-refractivity contribution in [3.63, 3.8) is 0 Å². The number of hydrogen-bond donors (Lipinski definition) is 1. The minimum absolute atomic E-state index is 0.212. The van der Waals surface area contributed by atoms with Gasteiger partial charge in [0, 0.05) is 25.0 Å². The quantitative estimate of drug-likeness (QED) is 0.916. The number of fused-ring (bicyclic) bond motifs is 1. The fraction of sp³-hybridized carbons (Fsp3) is 0.333. The molecule has 1 aliphatic rings. The number of methoxy groups -OCH3 is 2. The van der Waals surface area contributed by atoms with Crippen LogP contribution in [0.4, 0.5) is 0 Å². The Labute approximate surface area is 113 Å². The molecular weight excluding hydrogens is 240 g/mol. The van der Waals surface area contributed by atoms with Crippen molar-refractivity contribution in [2.45, 2.75) is 12.6 Å². The van der Waals surface area contributed by atoms with Crippen molar-refractivity contribution in [3.8, 4) is 11.5 Å². The summed E-state index contributed by atoms with van der Waals surface area (Å²) in [6.45, 7) is 1.99. The van der Waals surface area contributed by atoms with Gasteiger partial charge in [0.25, 0.3) is 0 Å². The summed E-state index contributed by atoms with van der Waals surface area (Å²) in [6, 6.07) is 10.5. The minimum Gasteiger partial charge on any atom is -0.493 e. The second-order valence-electron chi connectivity index (χ2n) is 4.63. The largest absolute Gasteiger partial charge is 0.493 e. The SMILES string of the molecule is COc1ccc(C2NCCn3cccc32)cc1OC. The van der Waals surface area contributed by atoms with Crippen LogP contribution in [0.3, 0.4) is 0 Å². The molecule has 1 aliphatic heterocycles. The van der Waals surface area contributed by atoms with Gasteiger partial charge in [-0.25, -0.2) is 0 Å². The molecule has 2 heterocycles. The molecule has 0 bridgehead atoms. The lowest BCUT2D eigenvalue weighted by atomic mass is 10.0. The Morgan fingerprint density at radius 3 is 2.79 bits per heavy atom. The summed E-state index contributed by atoms with van der Waals surface area (Å²) in [5.41, 5.74) is 2.48. The number of hydrogen-bond acceptors (Lipinski definition) is 3. The number of aromatic nitrogens is 1. The predicted molar refractivity (Wildman–Crippen MR) is 73.8 cm³/mol. The summed E-state index contributed by atoms with van der Waals surface area (Å²) in [4.78, 5) is 0. The molecule has 1 unspecified atom stereocenters. The van der Waals surface area contributed by atoms with Crippen molar-refractivity contribution in [2.24, 2.45) is 0 Å². The van der Waals surface area contributed by atoms with Gasteiger partial charge in [-0.3, -0.25) is 0 Å². The van der Waals surface area contributed by atoms with Gasteiger partial charge in [0.1, 0.15) is 0 Å². The van der Waals surface area contributed by atoms with E-state index in [0.717, 1.165) is 24.6 Å². The molecule has 0 fully saturated rings. The Hall–Kier alpha value is -1.94. The topological polar surface area (TPSA) is 35.4 Å². The molecule has 4 nitrogen and oxygen atoms in total. The number of nitrogens with one attached hydrogen (secondary N) is 1. The van der Waals surface area contributed by atoms with Gasteiger partial charge in [-0.1, -0.05) is 6.07 Å². The van der Waals surface area contributed by atoms with Crippen LogP contribution < -0.4 is 14.8 Å². The van der Waals surface area contributed by atoms with Gasteiger partial charge in [0.05, 0.1) is 20.3 Å². The van der Waals surface area contributed by atoms with Gasteiger partial charge in [-0.2, -0.15) is 0 Å². The maximum absolute atomic E-state index is 5.38. The first kappa shape index (κ1) is 12.1.